The lowest BCUT2D eigenvalue weighted by Crippen LogP contribution is -2.36. The lowest BCUT2D eigenvalue weighted by molar-refractivity contribution is -0.122. The summed E-state index contributed by atoms with van der Waals surface area (Å²) in [4.78, 5) is 25.1. The number of carbonyl (C=O) groups is 1. The number of hydrogen-bond acceptors (Lipinski definition) is 7. The van der Waals surface area contributed by atoms with Gasteiger partial charge in [0.25, 0.3) is 0 Å². The smallest absolute Gasteiger partial charge is 0.225 e. The van der Waals surface area contributed by atoms with Gasteiger partial charge in [0.05, 0.1) is 18.3 Å². The summed E-state index contributed by atoms with van der Waals surface area (Å²) in [5, 5.41) is 16.2. The molecule has 0 radical (unpaired) electrons. The van der Waals surface area contributed by atoms with Crippen LogP contribution in [0.3, 0.4) is 0 Å². The molecule has 2 aromatic heterocycles. The van der Waals surface area contributed by atoms with Gasteiger partial charge in [-0.3, -0.25) is 9.36 Å². The Balaban J connectivity index is 1.53. The van der Waals surface area contributed by atoms with E-state index in [0.717, 1.165) is 19.3 Å². The Bertz CT molecular complexity index is 1250. The highest BCUT2D eigenvalue weighted by molar-refractivity contribution is 5.78. The number of fused-ring (bicyclic) bond motifs is 1. The fraction of sp³-hybridized carbons (Fsp3) is 0.500. The minimum atomic E-state index is -1.09. The number of nitrogens with one attached hydrogen (secondary N) is 2. The predicted molar refractivity (Wildman–Crippen MR) is 127 cm³/mol. The Morgan fingerprint density at radius 1 is 1.03 bits per heavy atom. The highest BCUT2D eigenvalue weighted by Crippen LogP contribution is 2.37. The molecule has 0 bridgehead atoms. The first-order chi connectivity index (χ1) is 17.3. The largest absolute Gasteiger partial charge is 0.391 e. The number of amides is 1. The highest BCUT2D eigenvalue weighted by atomic mass is 19.1. The van der Waals surface area contributed by atoms with Crippen LogP contribution < -0.4 is 16.4 Å². The summed E-state index contributed by atoms with van der Waals surface area (Å²) in [7, 11) is 0. The molecule has 0 spiro atoms. The minimum Gasteiger partial charge on any atom is -0.391 e. The fourth-order valence-electron chi connectivity index (χ4n) is 5.23. The maximum absolute atomic E-state index is 14.4. The molecule has 0 aliphatic heterocycles. The van der Waals surface area contributed by atoms with Crippen molar-refractivity contribution in [2.24, 2.45) is 11.7 Å². The van der Waals surface area contributed by atoms with E-state index in [0.29, 0.717) is 61.3 Å². The van der Waals surface area contributed by atoms with Gasteiger partial charge in [0.2, 0.25) is 17.8 Å². The summed E-state index contributed by atoms with van der Waals surface area (Å²) in [6.07, 6.45) is 6.71. The van der Waals surface area contributed by atoms with Crippen LogP contribution in [0.1, 0.15) is 57.4 Å². The number of nitrogens with zero attached hydrogens (tertiary/aromatic N) is 4. The van der Waals surface area contributed by atoms with E-state index < -0.39 is 29.2 Å². The SMILES string of the molecule is NC(=O)[C@H]1CC[C@H](n2c(Nc3c(F)cc(F)cc3F)nc3cnc(N[C@H]4CCCC[C@H]4O)nc32)CC1. The molecule has 3 aromatic rings. The number of aromatic nitrogens is 4. The molecule has 0 unspecified atom stereocenters. The van der Waals surface area contributed by atoms with E-state index >= 15 is 0 Å². The van der Waals surface area contributed by atoms with Gasteiger partial charge >= 0.3 is 0 Å². The first-order valence-corrected chi connectivity index (χ1v) is 12.2. The Labute approximate surface area is 205 Å². The average molecular weight is 504 g/mol. The number of rotatable bonds is 6. The van der Waals surface area contributed by atoms with Crippen LogP contribution in [-0.4, -0.2) is 42.7 Å². The van der Waals surface area contributed by atoms with Gasteiger partial charge in [-0.15, -0.1) is 0 Å². The van der Waals surface area contributed by atoms with Crippen LogP contribution >= 0.6 is 0 Å². The zero-order valence-electron chi connectivity index (χ0n) is 19.6. The summed E-state index contributed by atoms with van der Waals surface area (Å²) in [6.45, 7) is 0. The summed E-state index contributed by atoms with van der Waals surface area (Å²) in [6, 6.07) is 0.822. The van der Waals surface area contributed by atoms with Crippen molar-refractivity contribution in [1.29, 1.82) is 0 Å². The van der Waals surface area contributed by atoms with Gasteiger partial charge in [0.15, 0.2) is 17.3 Å². The fourth-order valence-corrected chi connectivity index (χ4v) is 5.23. The molecular formula is C24H28F3N7O2. The number of benzene rings is 1. The summed E-state index contributed by atoms with van der Waals surface area (Å²) >= 11 is 0. The number of halogens is 3. The maximum Gasteiger partial charge on any atom is 0.225 e. The Morgan fingerprint density at radius 2 is 1.72 bits per heavy atom. The quantitative estimate of drug-likeness (QED) is 0.401. The molecule has 1 aromatic carbocycles. The number of hydrogen-bond donors (Lipinski definition) is 4. The minimum absolute atomic E-state index is 0.126. The van der Waals surface area contributed by atoms with Crippen LogP contribution in [0.4, 0.5) is 30.8 Å². The van der Waals surface area contributed by atoms with Crippen LogP contribution in [0.5, 0.6) is 0 Å². The molecule has 2 aliphatic carbocycles. The second kappa shape index (κ2) is 9.92. The third-order valence-electron chi connectivity index (χ3n) is 7.18. The molecule has 5 rings (SSSR count). The lowest BCUT2D eigenvalue weighted by Gasteiger charge is -2.29. The normalized spacial score (nSPS) is 24.6. The molecule has 192 valence electrons. The van der Waals surface area contributed by atoms with Crippen molar-refractivity contribution in [3.8, 4) is 0 Å². The predicted octanol–water partition coefficient (Wildman–Crippen LogP) is 3.92. The monoisotopic (exact) mass is 503 g/mol. The first-order valence-electron chi connectivity index (χ1n) is 12.2. The van der Waals surface area contributed by atoms with Crippen LogP contribution in [0.15, 0.2) is 18.3 Å². The Morgan fingerprint density at radius 3 is 2.39 bits per heavy atom. The van der Waals surface area contributed by atoms with Crippen molar-refractivity contribution in [3.63, 3.8) is 0 Å². The average Bonchev–Trinajstić information content (AvgIpc) is 3.20. The van der Waals surface area contributed by atoms with Gasteiger partial charge in [-0.25, -0.2) is 23.1 Å². The molecular weight excluding hydrogens is 475 g/mol. The van der Waals surface area contributed by atoms with Crippen molar-refractivity contribution in [3.05, 3.63) is 35.8 Å². The van der Waals surface area contributed by atoms with Gasteiger partial charge in [-0.2, -0.15) is 4.98 Å². The van der Waals surface area contributed by atoms with Crippen molar-refractivity contribution in [2.45, 2.75) is 69.6 Å². The van der Waals surface area contributed by atoms with E-state index in [1.54, 1.807) is 4.57 Å². The number of aliphatic hydroxyl groups excluding tert-OH is 1. The number of nitrogens with two attached hydrogens (primary N) is 1. The molecule has 36 heavy (non-hydrogen) atoms. The standard InChI is InChI=1S/C24H28F3N7O2/c25-13-9-15(26)20(16(27)10-13)32-24-31-18-11-29-23(30-17-3-1-2-4-19(17)35)33-22(18)34(24)14-7-5-12(6-8-14)21(28)36/h9-12,14,17,19,35H,1-8H2,(H2,28,36)(H,31,32)(H,29,30,33)/t12-,14-,17-,19+/m0/s1. The Kier molecular flexibility index (Phi) is 6.69. The molecule has 0 saturated heterocycles. The third-order valence-corrected chi connectivity index (χ3v) is 7.18. The van der Waals surface area contributed by atoms with Crippen molar-refractivity contribution < 1.29 is 23.1 Å². The molecule has 1 amide bonds. The van der Waals surface area contributed by atoms with Crippen molar-refractivity contribution >= 4 is 34.7 Å². The van der Waals surface area contributed by atoms with Crippen LogP contribution in [0.2, 0.25) is 0 Å². The number of imidazole rings is 1. The summed E-state index contributed by atoms with van der Waals surface area (Å²) < 4.78 is 44.1. The number of aliphatic hydroxyl groups is 1. The molecule has 2 fully saturated rings. The zero-order valence-corrected chi connectivity index (χ0v) is 19.6. The molecule has 12 heteroatoms. The Hall–Kier alpha value is -3.41. The van der Waals surface area contributed by atoms with E-state index in [9.17, 15) is 23.1 Å². The molecule has 2 saturated carbocycles. The number of primary amides is 1. The molecule has 9 nitrogen and oxygen atoms in total. The maximum atomic E-state index is 14.4. The highest BCUT2D eigenvalue weighted by Gasteiger charge is 2.30. The molecule has 2 atom stereocenters. The van der Waals surface area contributed by atoms with Gasteiger partial charge in [0, 0.05) is 24.1 Å². The number of carbonyl (C=O) groups excluding carboxylic acids is 1. The molecule has 5 N–H and O–H groups in total. The third kappa shape index (κ3) is 4.81. The van der Waals surface area contributed by atoms with E-state index in [4.69, 9.17) is 5.73 Å². The molecule has 2 heterocycles. The van der Waals surface area contributed by atoms with Crippen LogP contribution in [0, 0.1) is 23.4 Å². The summed E-state index contributed by atoms with van der Waals surface area (Å²) in [5.41, 5.74) is 5.79. The van der Waals surface area contributed by atoms with Crippen LogP contribution in [0.25, 0.3) is 11.2 Å². The van der Waals surface area contributed by atoms with Crippen molar-refractivity contribution in [1.82, 2.24) is 19.5 Å². The summed E-state index contributed by atoms with van der Waals surface area (Å²) in [5.74, 6) is -3.37. The molecule has 2 aliphatic rings. The van der Waals surface area contributed by atoms with Gasteiger partial charge in [-0.1, -0.05) is 12.8 Å². The van der Waals surface area contributed by atoms with Crippen molar-refractivity contribution in [2.75, 3.05) is 10.6 Å². The van der Waals surface area contributed by atoms with Gasteiger partial charge < -0.3 is 21.5 Å². The second-order valence-electron chi connectivity index (χ2n) is 9.59. The van der Waals surface area contributed by atoms with Gasteiger partial charge in [-0.05, 0) is 38.5 Å². The topological polar surface area (TPSA) is 131 Å². The van der Waals surface area contributed by atoms with Gasteiger partial charge in [0.1, 0.15) is 17.0 Å². The zero-order chi connectivity index (χ0) is 25.4. The lowest BCUT2D eigenvalue weighted by atomic mass is 9.85. The first kappa shape index (κ1) is 24.3. The van der Waals surface area contributed by atoms with E-state index in [1.165, 1.54) is 6.20 Å². The number of anilines is 3. The van der Waals surface area contributed by atoms with E-state index in [-0.39, 0.29) is 29.9 Å². The second-order valence-corrected chi connectivity index (χ2v) is 9.59. The van der Waals surface area contributed by atoms with E-state index in [2.05, 4.69) is 25.6 Å². The van der Waals surface area contributed by atoms with E-state index in [1.807, 2.05) is 0 Å². The van der Waals surface area contributed by atoms with Crippen LogP contribution in [-0.2, 0) is 4.79 Å².